The molecule has 0 bridgehead atoms. The molecule has 2 rings (SSSR count). The number of nitrogens with zero attached hydrogens (tertiary/aromatic N) is 3. The Kier molecular flexibility index (Phi) is 0.410. The zero-order valence-corrected chi connectivity index (χ0v) is 5.81. The highest BCUT2D eigenvalue weighted by molar-refractivity contribution is 9.10. The number of rotatable bonds is 1. The van der Waals surface area contributed by atoms with Gasteiger partial charge in [0.25, 0.3) is 0 Å². The molecule has 1 saturated carbocycles. The van der Waals surface area contributed by atoms with E-state index in [0.717, 1.165) is 0 Å². The van der Waals surface area contributed by atoms with E-state index in [1.807, 2.05) is 0 Å². The Hall–Kier alpha value is -0.380. The maximum atomic E-state index is 7.71. The van der Waals surface area contributed by atoms with Gasteiger partial charge in [0.05, 0.1) is 14.9 Å². The van der Waals surface area contributed by atoms with Crippen LogP contribution in [0.2, 0.25) is 0 Å². The summed E-state index contributed by atoms with van der Waals surface area (Å²) in [5.74, 6) is 0. The normalized spacial score (nSPS) is 42.8. The van der Waals surface area contributed by atoms with Crippen LogP contribution in [-0.4, -0.2) is 15.0 Å². The maximum Gasteiger partial charge on any atom is 0.148 e. The molecule has 0 aliphatic heterocycles. The SMILES string of the molecule is [2H]c1c(Br)nnn1C1([2H])C([2H])([2H])C1([2H])[2H]. The fraction of sp³-hybridized carbons (Fsp3) is 0.600. The highest BCUT2D eigenvalue weighted by atomic mass is 79.9. The molecule has 0 atom stereocenters. The van der Waals surface area contributed by atoms with Crippen LogP contribution >= 0.6 is 15.9 Å². The van der Waals surface area contributed by atoms with E-state index in [1.54, 1.807) is 0 Å². The van der Waals surface area contributed by atoms with Gasteiger partial charge < -0.3 is 0 Å². The molecule has 1 fully saturated rings. The van der Waals surface area contributed by atoms with Crippen molar-refractivity contribution >= 4 is 15.9 Å². The van der Waals surface area contributed by atoms with Gasteiger partial charge in [0.2, 0.25) is 0 Å². The minimum absolute atomic E-state index is 0.0626. The van der Waals surface area contributed by atoms with Crippen molar-refractivity contribution < 1.29 is 8.22 Å². The second-order valence-corrected chi connectivity index (χ2v) is 2.25. The summed E-state index contributed by atoms with van der Waals surface area (Å²) in [5.41, 5.74) is 0. The molecule has 1 aromatic heterocycles. The molecule has 3 nitrogen and oxygen atoms in total. The molecular formula is C5H6BrN3. The molecule has 1 heterocycles. The van der Waals surface area contributed by atoms with Crippen LogP contribution in [0.5, 0.6) is 0 Å². The van der Waals surface area contributed by atoms with Crippen molar-refractivity contribution in [3.8, 4) is 0 Å². The molecule has 0 unspecified atom stereocenters. The Morgan fingerprint density at radius 1 is 2.11 bits per heavy atom. The first-order valence-electron chi connectivity index (χ1n) is 5.26. The van der Waals surface area contributed by atoms with E-state index in [9.17, 15) is 0 Å². The molecule has 0 spiro atoms. The molecule has 0 amide bonds. The lowest BCUT2D eigenvalue weighted by atomic mass is 10.7. The van der Waals surface area contributed by atoms with Crippen LogP contribution < -0.4 is 0 Å². The van der Waals surface area contributed by atoms with Gasteiger partial charge in [-0.1, -0.05) is 5.21 Å². The van der Waals surface area contributed by atoms with E-state index in [1.165, 1.54) is 0 Å². The van der Waals surface area contributed by atoms with Crippen molar-refractivity contribution in [3.63, 3.8) is 0 Å². The van der Waals surface area contributed by atoms with Gasteiger partial charge in [-0.25, -0.2) is 4.68 Å². The summed E-state index contributed by atoms with van der Waals surface area (Å²) in [7, 11) is 0. The van der Waals surface area contributed by atoms with Gasteiger partial charge in [0.15, 0.2) is 0 Å². The van der Waals surface area contributed by atoms with Crippen molar-refractivity contribution in [3.05, 3.63) is 10.8 Å². The van der Waals surface area contributed by atoms with Crippen molar-refractivity contribution in [2.45, 2.75) is 18.8 Å². The van der Waals surface area contributed by atoms with Gasteiger partial charge in [-0.2, -0.15) is 0 Å². The van der Waals surface area contributed by atoms with Crippen LogP contribution in [0.1, 0.15) is 27.0 Å². The van der Waals surface area contributed by atoms with Crippen LogP contribution in [0, 0.1) is 0 Å². The Labute approximate surface area is 69.6 Å². The van der Waals surface area contributed by atoms with Gasteiger partial charge in [0.1, 0.15) is 4.60 Å². The Balaban J connectivity index is 2.56. The number of hydrogen-bond acceptors (Lipinski definition) is 2. The summed E-state index contributed by atoms with van der Waals surface area (Å²) >= 11 is 2.90. The van der Waals surface area contributed by atoms with Gasteiger partial charge in [0, 0.05) is 5.48 Å². The molecule has 0 saturated heterocycles. The number of halogens is 1. The van der Waals surface area contributed by atoms with E-state index in [2.05, 4.69) is 26.2 Å². The number of hydrogen-bond donors (Lipinski definition) is 0. The third-order valence-electron chi connectivity index (χ3n) is 0.869. The van der Waals surface area contributed by atoms with E-state index in [0.29, 0.717) is 4.68 Å². The summed E-state index contributed by atoms with van der Waals surface area (Å²) in [6, 6.07) is -2.21. The molecular weight excluding hydrogens is 182 g/mol. The first-order chi connectivity index (χ1) is 6.68. The maximum absolute atomic E-state index is 7.71. The molecule has 0 radical (unpaired) electrons. The largest absolute Gasteiger partial charge is 0.248 e. The Morgan fingerprint density at radius 3 is 3.33 bits per heavy atom. The summed E-state index contributed by atoms with van der Waals surface area (Å²) in [4.78, 5) is 0. The van der Waals surface area contributed by atoms with E-state index in [-0.39, 0.29) is 10.8 Å². The average Bonchev–Trinajstić information content (AvgIpc) is 2.45. The summed E-state index contributed by atoms with van der Waals surface area (Å²) < 4.78 is 45.4. The summed E-state index contributed by atoms with van der Waals surface area (Å²) in [6.45, 7) is 0. The fourth-order valence-corrected chi connectivity index (χ4v) is 0.689. The van der Waals surface area contributed by atoms with E-state index < -0.39 is 18.8 Å². The minimum Gasteiger partial charge on any atom is -0.248 e. The monoisotopic (exact) mass is 193 g/mol. The molecule has 1 aliphatic rings. The predicted molar refractivity (Wildman–Crippen MR) is 36.0 cm³/mol. The second kappa shape index (κ2) is 1.80. The first-order valence-corrected chi connectivity index (χ1v) is 3.05. The third-order valence-corrected chi connectivity index (χ3v) is 1.20. The van der Waals surface area contributed by atoms with Crippen molar-refractivity contribution in [2.24, 2.45) is 0 Å². The fourth-order valence-electron chi connectivity index (χ4n) is 0.451. The second-order valence-electron chi connectivity index (χ2n) is 1.50. The Morgan fingerprint density at radius 2 is 2.89 bits per heavy atom. The zero-order chi connectivity index (χ0) is 11.6. The van der Waals surface area contributed by atoms with Gasteiger partial charge >= 0.3 is 0 Å². The van der Waals surface area contributed by atoms with E-state index >= 15 is 0 Å². The molecule has 0 N–H and O–H groups in total. The quantitative estimate of drug-likeness (QED) is 0.675. The van der Waals surface area contributed by atoms with Gasteiger partial charge in [-0.15, -0.1) is 5.10 Å². The van der Waals surface area contributed by atoms with Crippen molar-refractivity contribution in [1.82, 2.24) is 15.0 Å². The molecule has 0 aromatic carbocycles. The topological polar surface area (TPSA) is 30.7 Å². The summed E-state index contributed by atoms with van der Waals surface area (Å²) in [6.07, 6.45) is -5.05. The van der Waals surface area contributed by atoms with Crippen LogP contribution in [-0.2, 0) is 0 Å². The average molecular weight is 194 g/mol. The minimum atomic E-state index is -2.37. The lowest BCUT2D eigenvalue weighted by Crippen LogP contribution is -1.92. The smallest absolute Gasteiger partial charge is 0.148 e. The van der Waals surface area contributed by atoms with Crippen molar-refractivity contribution in [1.29, 1.82) is 0 Å². The van der Waals surface area contributed by atoms with Crippen LogP contribution in [0.25, 0.3) is 0 Å². The lowest BCUT2D eigenvalue weighted by molar-refractivity contribution is 0.610. The van der Waals surface area contributed by atoms with Gasteiger partial charge in [-0.3, -0.25) is 0 Å². The van der Waals surface area contributed by atoms with Crippen LogP contribution in [0.4, 0.5) is 0 Å². The van der Waals surface area contributed by atoms with Crippen LogP contribution in [0.15, 0.2) is 10.8 Å². The Bertz CT molecular complexity index is 414. The molecule has 4 heteroatoms. The highest BCUT2D eigenvalue weighted by Gasteiger charge is 2.24. The van der Waals surface area contributed by atoms with Gasteiger partial charge in [-0.05, 0) is 28.7 Å². The van der Waals surface area contributed by atoms with Crippen LogP contribution in [0.3, 0.4) is 0 Å². The third kappa shape index (κ3) is 0.986. The predicted octanol–water partition coefficient (Wildman–Crippen LogP) is 1.38. The lowest BCUT2D eigenvalue weighted by Gasteiger charge is -1.88. The van der Waals surface area contributed by atoms with Crippen molar-refractivity contribution in [2.75, 3.05) is 0 Å². The standard InChI is InChI=1S/C5H6BrN3/c6-5-3-9(8-7-5)4-1-2-4/h3-4H,1-2H2/i1D2,2D2,3D,4D. The molecule has 48 valence electrons. The molecule has 1 aromatic rings. The molecule has 1 aliphatic carbocycles. The van der Waals surface area contributed by atoms with E-state index in [4.69, 9.17) is 8.22 Å². The zero-order valence-electron chi connectivity index (χ0n) is 10.2. The first kappa shape index (κ1) is 2.05. The molecule has 9 heavy (non-hydrogen) atoms. The summed E-state index contributed by atoms with van der Waals surface area (Å²) in [5, 5.41) is 6.85. The highest BCUT2D eigenvalue weighted by Crippen LogP contribution is 2.33. The number of aromatic nitrogens is 3.